The fraction of sp³-hybridized carbons (Fsp3) is 0.238. The second-order valence-corrected chi connectivity index (χ2v) is 9.78. The highest BCUT2D eigenvalue weighted by molar-refractivity contribution is 7.91. The lowest BCUT2D eigenvalue weighted by Gasteiger charge is -2.19. The second-order valence-electron chi connectivity index (χ2n) is 7.58. The Morgan fingerprint density at radius 3 is 2.16 bits per heavy atom. The quantitative estimate of drug-likeness (QED) is 0.313. The molecule has 16 heteroatoms. The van der Waals surface area contributed by atoms with Crippen molar-refractivity contribution in [3.8, 4) is 28.3 Å². The van der Waals surface area contributed by atoms with E-state index in [0.29, 0.717) is 6.07 Å². The third-order valence-electron chi connectivity index (χ3n) is 5.01. The molecule has 0 unspecified atom stereocenters. The van der Waals surface area contributed by atoms with Crippen molar-refractivity contribution in [3.05, 3.63) is 54.6 Å². The molecule has 0 aliphatic heterocycles. The molecule has 0 amide bonds. The average Bonchev–Trinajstić information content (AvgIpc) is 3.21. The van der Waals surface area contributed by atoms with Gasteiger partial charge < -0.3 is 4.74 Å². The zero-order chi connectivity index (χ0) is 27.2. The third kappa shape index (κ3) is 5.19. The first-order valence-electron chi connectivity index (χ1n) is 10.2. The second kappa shape index (κ2) is 9.24. The molecule has 0 spiro atoms. The number of benzene rings is 1. The van der Waals surface area contributed by atoms with Crippen LogP contribution in [0.25, 0.3) is 28.0 Å². The number of hydrogen-bond acceptors (Lipinski definition) is 7. The van der Waals surface area contributed by atoms with E-state index in [2.05, 4.69) is 24.8 Å². The van der Waals surface area contributed by atoms with Crippen LogP contribution >= 0.6 is 0 Å². The fourth-order valence-electron chi connectivity index (χ4n) is 3.13. The molecule has 37 heavy (non-hydrogen) atoms. The Balaban J connectivity index is 1.76. The normalized spacial score (nSPS) is 12.8. The third-order valence-corrected chi connectivity index (χ3v) is 6.65. The molecule has 0 atom stereocenters. The molecule has 3 aromatic heterocycles. The maximum absolute atomic E-state index is 13.6. The van der Waals surface area contributed by atoms with Crippen molar-refractivity contribution in [1.82, 2.24) is 24.6 Å². The Labute approximate surface area is 203 Å². The van der Waals surface area contributed by atoms with Gasteiger partial charge in [-0.2, -0.15) is 27.1 Å². The van der Waals surface area contributed by atoms with Crippen LogP contribution in [0.5, 0.6) is 5.88 Å². The molecule has 0 saturated carbocycles. The maximum atomic E-state index is 13.6. The topological polar surface area (TPSA) is 99.3 Å². The SMILES string of the molecule is CCS(=O)(=O)c1nn2cc(-c3cc(F)cc(F)c3)cnc2c1-c1cnc(OCC(F)(F)C(F)(F)F)cn1. The highest BCUT2D eigenvalue weighted by Gasteiger charge is 2.58. The molecule has 0 bridgehead atoms. The molecule has 1 aromatic carbocycles. The van der Waals surface area contributed by atoms with Gasteiger partial charge in [-0.05, 0) is 17.7 Å². The van der Waals surface area contributed by atoms with Crippen molar-refractivity contribution in [1.29, 1.82) is 0 Å². The zero-order valence-electron chi connectivity index (χ0n) is 18.5. The minimum Gasteiger partial charge on any atom is -0.470 e. The Morgan fingerprint density at radius 1 is 0.919 bits per heavy atom. The summed E-state index contributed by atoms with van der Waals surface area (Å²) in [5, 5.41) is 3.56. The van der Waals surface area contributed by atoms with Gasteiger partial charge in [-0.15, -0.1) is 0 Å². The van der Waals surface area contributed by atoms with Crippen LogP contribution in [0, 0.1) is 11.6 Å². The number of sulfone groups is 1. The number of fused-ring (bicyclic) bond motifs is 1. The molecule has 0 aliphatic rings. The van der Waals surface area contributed by atoms with E-state index in [0.717, 1.165) is 29.0 Å². The van der Waals surface area contributed by atoms with Crippen LogP contribution in [-0.2, 0) is 9.84 Å². The van der Waals surface area contributed by atoms with E-state index in [1.807, 2.05) is 0 Å². The van der Waals surface area contributed by atoms with Crippen molar-refractivity contribution < 1.29 is 43.9 Å². The van der Waals surface area contributed by atoms with Gasteiger partial charge in [0.25, 0.3) is 0 Å². The molecule has 0 saturated heterocycles. The number of hydrogen-bond donors (Lipinski definition) is 0. The molecule has 4 aromatic rings. The minimum atomic E-state index is -5.83. The smallest absolute Gasteiger partial charge is 0.456 e. The summed E-state index contributed by atoms with van der Waals surface area (Å²) in [5.74, 6) is -7.89. The molecule has 0 aliphatic carbocycles. The first-order chi connectivity index (χ1) is 17.2. The monoisotopic (exact) mass is 549 g/mol. The van der Waals surface area contributed by atoms with Gasteiger partial charge in [-0.3, -0.25) is 0 Å². The van der Waals surface area contributed by atoms with Crippen LogP contribution in [0.2, 0.25) is 0 Å². The van der Waals surface area contributed by atoms with Crippen molar-refractivity contribution in [2.75, 3.05) is 12.4 Å². The van der Waals surface area contributed by atoms with E-state index in [1.54, 1.807) is 0 Å². The number of nitrogens with zero attached hydrogens (tertiary/aromatic N) is 5. The predicted octanol–water partition coefficient (Wildman–Crippen LogP) is 4.50. The van der Waals surface area contributed by atoms with E-state index in [-0.39, 0.29) is 33.8 Å². The Bertz CT molecular complexity index is 1550. The summed E-state index contributed by atoms with van der Waals surface area (Å²) in [6.45, 7) is -0.692. The summed E-state index contributed by atoms with van der Waals surface area (Å²) in [5.41, 5.74) is -0.0617. The van der Waals surface area contributed by atoms with Crippen LogP contribution in [0.15, 0.2) is 48.0 Å². The van der Waals surface area contributed by atoms with Crippen molar-refractivity contribution in [2.24, 2.45) is 0 Å². The average molecular weight is 549 g/mol. The van der Waals surface area contributed by atoms with Crippen LogP contribution in [0.1, 0.15) is 6.92 Å². The highest BCUT2D eigenvalue weighted by atomic mass is 32.2. The van der Waals surface area contributed by atoms with Gasteiger partial charge in [0.2, 0.25) is 5.88 Å². The van der Waals surface area contributed by atoms with Gasteiger partial charge in [0.1, 0.15) is 11.6 Å². The Kier molecular flexibility index (Phi) is 6.56. The molecular formula is C21H14F7N5O3S. The van der Waals surface area contributed by atoms with Crippen LogP contribution in [-0.4, -0.2) is 57.4 Å². The molecular weight excluding hydrogens is 535 g/mol. The Hall–Kier alpha value is -3.82. The lowest BCUT2D eigenvalue weighted by Crippen LogP contribution is -2.41. The molecule has 4 rings (SSSR count). The molecule has 0 N–H and O–H groups in total. The number of halogens is 7. The lowest BCUT2D eigenvalue weighted by molar-refractivity contribution is -0.290. The molecule has 0 radical (unpaired) electrons. The highest BCUT2D eigenvalue weighted by Crippen LogP contribution is 2.36. The maximum Gasteiger partial charge on any atom is 0.456 e. The van der Waals surface area contributed by atoms with Gasteiger partial charge in [0.15, 0.2) is 27.1 Å². The first-order valence-corrected chi connectivity index (χ1v) is 11.8. The van der Waals surface area contributed by atoms with Crippen LogP contribution in [0.4, 0.5) is 30.7 Å². The van der Waals surface area contributed by atoms with Gasteiger partial charge in [-0.1, -0.05) is 6.92 Å². The predicted molar refractivity (Wildman–Crippen MR) is 114 cm³/mol. The van der Waals surface area contributed by atoms with Crippen molar-refractivity contribution in [2.45, 2.75) is 24.0 Å². The fourth-order valence-corrected chi connectivity index (χ4v) is 4.12. The summed E-state index contributed by atoms with van der Waals surface area (Å²) >= 11 is 0. The molecule has 0 fully saturated rings. The standard InChI is InChI=1S/C21H14F7N5O3S/c1-2-37(34,35)19-17(15-7-30-16(8-29-15)36-10-20(24,25)21(26,27)28)18-31-6-12(9-33(18)32-19)11-3-13(22)5-14(23)4-11/h3-9H,2,10H2,1H3. The summed E-state index contributed by atoms with van der Waals surface area (Å²) in [6, 6.07) is 2.74. The van der Waals surface area contributed by atoms with Gasteiger partial charge in [-0.25, -0.2) is 36.7 Å². The van der Waals surface area contributed by atoms with Gasteiger partial charge >= 0.3 is 12.1 Å². The number of ether oxygens (including phenoxy) is 1. The van der Waals surface area contributed by atoms with Crippen molar-refractivity contribution in [3.63, 3.8) is 0 Å². The van der Waals surface area contributed by atoms with Gasteiger partial charge in [0.05, 0.1) is 29.4 Å². The van der Waals surface area contributed by atoms with Crippen LogP contribution < -0.4 is 4.74 Å². The van der Waals surface area contributed by atoms with Crippen LogP contribution in [0.3, 0.4) is 0 Å². The summed E-state index contributed by atoms with van der Waals surface area (Å²) in [4.78, 5) is 11.7. The Morgan fingerprint density at radius 2 is 1.59 bits per heavy atom. The summed E-state index contributed by atoms with van der Waals surface area (Å²) < 4.78 is 121. The van der Waals surface area contributed by atoms with E-state index in [1.165, 1.54) is 19.3 Å². The minimum absolute atomic E-state index is 0.0563. The van der Waals surface area contributed by atoms with E-state index < -0.39 is 51.1 Å². The lowest BCUT2D eigenvalue weighted by atomic mass is 10.1. The van der Waals surface area contributed by atoms with Crippen molar-refractivity contribution >= 4 is 15.5 Å². The zero-order valence-corrected chi connectivity index (χ0v) is 19.3. The first kappa shape index (κ1) is 26.2. The summed E-state index contributed by atoms with van der Waals surface area (Å²) in [7, 11) is -4.00. The van der Waals surface area contributed by atoms with E-state index >= 15 is 0 Å². The number of aromatic nitrogens is 5. The van der Waals surface area contributed by atoms with Gasteiger partial charge in [0, 0.05) is 24.0 Å². The molecule has 8 nitrogen and oxygen atoms in total. The molecule has 196 valence electrons. The van der Waals surface area contributed by atoms with E-state index in [9.17, 15) is 39.2 Å². The summed E-state index contributed by atoms with van der Waals surface area (Å²) in [6.07, 6.45) is -1.72. The van der Waals surface area contributed by atoms with E-state index in [4.69, 9.17) is 0 Å². The number of rotatable bonds is 7. The number of alkyl halides is 5. The molecule has 3 heterocycles. The largest absolute Gasteiger partial charge is 0.470 e.